The minimum absolute atomic E-state index is 0.0853. The quantitative estimate of drug-likeness (QED) is 0.527. The van der Waals surface area contributed by atoms with Crippen molar-refractivity contribution in [3.63, 3.8) is 0 Å². The molecule has 0 radical (unpaired) electrons. The number of anilines is 3. The highest BCUT2D eigenvalue weighted by molar-refractivity contribution is 6.12. The van der Waals surface area contributed by atoms with Crippen LogP contribution in [-0.2, 0) is 4.79 Å². The van der Waals surface area contributed by atoms with Crippen molar-refractivity contribution >= 4 is 39.9 Å². The summed E-state index contributed by atoms with van der Waals surface area (Å²) in [6.45, 7) is 1.48. The normalized spacial score (nSPS) is 15.3. The summed E-state index contributed by atoms with van der Waals surface area (Å²) in [7, 11) is 0. The van der Waals surface area contributed by atoms with Gasteiger partial charge in [-0.15, -0.1) is 0 Å². The molecule has 0 bridgehead atoms. The molecule has 31 heavy (non-hydrogen) atoms. The standard InChI is InChI=1S/C25H20N4O2/c1-16(30)26-19-13-11-17(12-14-19)24-28-23-21(15-18-7-5-6-10-22(18)27-23)25(31)29(24)20-8-3-2-4-9-20/h2-15,24H,1H3,(H,26,30)(H,27,28)/p+1/t24-/m0/s1. The van der Waals surface area contributed by atoms with Gasteiger partial charge in [-0.3, -0.25) is 14.5 Å². The van der Waals surface area contributed by atoms with Crippen LogP contribution in [0.4, 0.5) is 17.2 Å². The van der Waals surface area contributed by atoms with E-state index in [1.165, 1.54) is 6.92 Å². The monoisotopic (exact) mass is 409 g/mol. The molecule has 0 aliphatic carbocycles. The van der Waals surface area contributed by atoms with E-state index in [4.69, 9.17) is 0 Å². The third-order valence-corrected chi connectivity index (χ3v) is 5.36. The molecule has 1 aliphatic rings. The van der Waals surface area contributed by atoms with E-state index in [2.05, 4.69) is 15.6 Å². The molecule has 5 rings (SSSR count). The predicted octanol–water partition coefficient (Wildman–Crippen LogP) is 4.38. The van der Waals surface area contributed by atoms with Crippen LogP contribution < -0.4 is 20.5 Å². The summed E-state index contributed by atoms with van der Waals surface area (Å²) in [5, 5.41) is 7.26. The molecule has 2 heterocycles. The second-order valence-electron chi connectivity index (χ2n) is 7.51. The van der Waals surface area contributed by atoms with Crippen LogP contribution in [0.15, 0.2) is 84.9 Å². The first-order valence-electron chi connectivity index (χ1n) is 10.1. The highest BCUT2D eigenvalue weighted by Gasteiger charge is 2.39. The lowest BCUT2D eigenvalue weighted by molar-refractivity contribution is -0.328. The molecule has 152 valence electrons. The number of amides is 2. The zero-order chi connectivity index (χ0) is 21.4. The van der Waals surface area contributed by atoms with Crippen LogP contribution in [0.2, 0.25) is 0 Å². The molecule has 6 heteroatoms. The van der Waals surface area contributed by atoms with Crippen molar-refractivity contribution in [2.75, 3.05) is 15.5 Å². The summed E-state index contributed by atoms with van der Waals surface area (Å²) in [5.41, 5.74) is 3.96. The summed E-state index contributed by atoms with van der Waals surface area (Å²) in [6, 6.07) is 26.9. The van der Waals surface area contributed by atoms with E-state index in [0.29, 0.717) is 17.1 Å². The van der Waals surface area contributed by atoms with Crippen LogP contribution in [0.5, 0.6) is 0 Å². The lowest BCUT2D eigenvalue weighted by atomic mass is 10.0. The Morgan fingerprint density at radius 2 is 1.68 bits per heavy atom. The number of aromatic nitrogens is 1. The average molecular weight is 409 g/mol. The second-order valence-corrected chi connectivity index (χ2v) is 7.51. The van der Waals surface area contributed by atoms with Crippen LogP contribution in [-0.4, -0.2) is 11.8 Å². The summed E-state index contributed by atoms with van der Waals surface area (Å²) in [6.07, 6.45) is -0.411. The molecular formula is C25H21N4O2+. The summed E-state index contributed by atoms with van der Waals surface area (Å²) >= 11 is 0. The SMILES string of the molecule is CC(=O)Nc1ccc([C@H]2Nc3[nH+]c4ccccc4cc3C(=O)N2c2ccccc2)cc1. The van der Waals surface area contributed by atoms with Gasteiger partial charge < -0.3 is 5.32 Å². The molecule has 1 atom stereocenters. The van der Waals surface area contributed by atoms with Gasteiger partial charge in [0.05, 0.1) is 0 Å². The first-order chi connectivity index (χ1) is 15.1. The van der Waals surface area contributed by atoms with Gasteiger partial charge in [-0.25, -0.2) is 10.3 Å². The van der Waals surface area contributed by atoms with E-state index in [0.717, 1.165) is 22.2 Å². The summed E-state index contributed by atoms with van der Waals surface area (Å²) in [5.74, 6) is 0.477. The van der Waals surface area contributed by atoms with E-state index in [1.807, 2.05) is 84.9 Å². The molecule has 0 spiro atoms. The van der Waals surface area contributed by atoms with Gasteiger partial charge in [0.1, 0.15) is 11.1 Å². The van der Waals surface area contributed by atoms with Gasteiger partial charge in [-0.1, -0.05) is 48.5 Å². The Morgan fingerprint density at radius 1 is 0.968 bits per heavy atom. The minimum atomic E-state index is -0.411. The van der Waals surface area contributed by atoms with E-state index in [1.54, 1.807) is 4.90 Å². The Balaban J connectivity index is 1.62. The van der Waals surface area contributed by atoms with E-state index < -0.39 is 6.17 Å². The molecule has 0 unspecified atom stereocenters. The number of nitrogens with zero attached hydrogens (tertiary/aromatic N) is 1. The molecule has 6 nitrogen and oxygen atoms in total. The number of rotatable bonds is 3. The van der Waals surface area contributed by atoms with Gasteiger partial charge >= 0.3 is 0 Å². The smallest absolute Gasteiger partial charge is 0.287 e. The fourth-order valence-electron chi connectivity index (χ4n) is 3.94. The number of nitrogens with one attached hydrogen (secondary N) is 3. The van der Waals surface area contributed by atoms with Gasteiger partial charge in [-0.2, -0.15) is 0 Å². The number of H-pyrrole nitrogens is 1. The molecule has 2 amide bonds. The van der Waals surface area contributed by atoms with E-state index in [9.17, 15) is 9.59 Å². The van der Waals surface area contributed by atoms with Crippen molar-refractivity contribution in [2.24, 2.45) is 0 Å². The molecule has 3 aromatic carbocycles. The Kier molecular flexibility index (Phi) is 4.59. The molecule has 0 saturated carbocycles. The van der Waals surface area contributed by atoms with Crippen LogP contribution in [0.3, 0.4) is 0 Å². The maximum atomic E-state index is 13.7. The van der Waals surface area contributed by atoms with Crippen molar-refractivity contribution in [1.29, 1.82) is 0 Å². The van der Waals surface area contributed by atoms with Gasteiger partial charge in [0.25, 0.3) is 11.7 Å². The van der Waals surface area contributed by atoms with Crippen molar-refractivity contribution in [3.8, 4) is 0 Å². The second kappa shape index (κ2) is 7.57. The molecule has 4 aromatic rings. The zero-order valence-corrected chi connectivity index (χ0v) is 16.9. The number of carbonyl (C=O) groups excluding carboxylic acids is 2. The Hall–Kier alpha value is -4.19. The maximum absolute atomic E-state index is 13.7. The van der Waals surface area contributed by atoms with Crippen LogP contribution in [0, 0.1) is 0 Å². The Labute approximate surface area is 179 Å². The van der Waals surface area contributed by atoms with Crippen LogP contribution in [0.25, 0.3) is 10.9 Å². The average Bonchev–Trinajstić information content (AvgIpc) is 2.78. The minimum Gasteiger partial charge on any atom is -0.326 e. The number of carbonyl (C=O) groups is 2. The summed E-state index contributed by atoms with van der Waals surface area (Å²) < 4.78 is 0. The number of aromatic amines is 1. The molecule has 1 aliphatic heterocycles. The number of benzene rings is 3. The van der Waals surface area contributed by atoms with E-state index in [-0.39, 0.29) is 11.8 Å². The molecule has 3 N–H and O–H groups in total. The lowest BCUT2D eigenvalue weighted by Gasteiger charge is -2.33. The fourth-order valence-corrected chi connectivity index (χ4v) is 3.94. The van der Waals surface area contributed by atoms with Crippen molar-refractivity contribution < 1.29 is 14.6 Å². The molecule has 1 aromatic heterocycles. The fraction of sp³-hybridized carbons (Fsp3) is 0.0800. The lowest BCUT2D eigenvalue weighted by Crippen LogP contribution is -2.45. The number of hydrogen-bond donors (Lipinski definition) is 2. The number of pyridine rings is 1. The van der Waals surface area contributed by atoms with Gasteiger partial charge in [0.15, 0.2) is 0 Å². The van der Waals surface area contributed by atoms with Crippen LogP contribution in [0.1, 0.15) is 29.0 Å². The first kappa shape index (κ1) is 18.8. The van der Waals surface area contributed by atoms with Gasteiger partial charge in [0, 0.05) is 29.2 Å². The third-order valence-electron chi connectivity index (χ3n) is 5.36. The highest BCUT2D eigenvalue weighted by atomic mass is 16.2. The molecular weight excluding hydrogens is 388 g/mol. The molecule has 0 saturated heterocycles. The van der Waals surface area contributed by atoms with Crippen molar-refractivity contribution in [2.45, 2.75) is 13.1 Å². The summed E-state index contributed by atoms with van der Waals surface area (Å²) in [4.78, 5) is 30.1. The largest absolute Gasteiger partial charge is 0.326 e. The van der Waals surface area contributed by atoms with Crippen molar-refractivity contribution in [3.05, 3.63) is 96.1 Å². The maximum Gasteiger partial charge on any atom is 0.287 e. The van der Waals surface area contributed by atoms with Crippen LogP contribution >= 0.6 is 0 Å². The number of hydrogen-bond acceptors (Lipinski definition) is 3. The predicted molar refractivity (Wildman–Crippen MR) is 121 cm³/mol. The van der Waals surface area contributed by atoms with Gasteiger partial charge in [0.2, 0.25) is 12.1 Å². The van der Waals surface area contributed by atoms with Gasteiger partial charge in [-0.05, 0) is 36.4 Å². The third kappa shape index (κ3) is 3.48. The zero-order valence-electron chi connectivity index (χ0n) is 16.9. The Morgan fingerprint density at radius 3 is 2.42 bits per heavy atom. The number of para-hydroxylation sites is 2. The number of fused-ring (bicyclic) bond motifs is 2. The first-order valence-corrected chi connectivity index (χ1v) is 10.1. The highest BCUT2D eigenvalue weighted by Crippen LogP contribution is 2.36. The van der Waals surface area contributed by atoms with E-state index >= 15 is 0 Å². The van der Waals surface area contributed by atoms with Crippen molar-refractivity contribution in [1.82, 2.24) is 0 Å². The Bertz CT molecular complexity index is 1290. The topological polar surface area (TPSA) is 75.6 Å². The molecule has 0 fully saturated rings.